The van der Waals surface area contributed by atoms with Gasteiger partial charge in [0.15, 0.2) is 16.5 Å². The van der Waals surface area contributed by atoms with Crippen LogP contribution in [0.1, 0.15) is 0 Å². The van der Waals surface area contributed by atoms with E-state index >= 15 is 0 Å². The van der Waals surface area contributed by atoms with Crippen molar-refractivity contribution >= 4 is 41.8 Å². The quantitative estimate of drug-likeness (QED) is 0.337. The first-order valence-electron chi connectivity index (χ1n) is 4.58. The summed E-state index contributed by atoms with van der Waals surface area (Å²) in [6.07, 6.45) is 5.29. The number of rotatable bonds is 1. The fourth-order valence-electron chi connectivity index (χ4n) is 1.58. The van der Waals surface area contributed by atoms with Gasteiger partial charge in [-0.05, 0) is 6.26 Å². The standard InChI is InChI=1S/C9H6BN5S/c1-16-9-11-3-5-2-6(10)8-14-12-4-15(8)7(5)13-9/h2-4H,1H3. The van der Waals surface area contributed by atoms with Crippen molar-refractivity contribution in [3.05, 3.63) is 18.6 Å². The molecule has 0 unspecified atom stereocenters. The molecule has 7 heteroatoms. The zero-order valence-corrected chi connectivity index (χ0v) is 9.27. The first kappa shape index (κ1) is 9.59. The maximum absolute atomic E-state index is 5.85. The summed E-state index contributed by atoms with van der Waals surface area (Å²) in [5.41, 5.74) is 1.97. The third-order valence-electron chi connectivity index (χ3n) is 2.30. The van der Waals surface area contributed by atoms with Gasteiger partial charge >= 0.3 is 0 Å². The van der Waals surface area contributed by atoms with Gasteiger partial charge in [0.1, 0.15) is 14.2 Å². The van der Waals surface area contributed by atoms with Crippen molar-refractivity contribution in [2.45, 2.75) is 5.16 Å². The number of hydrogen-bond donors (Lipinski definition) is 0. The van der Waals surface area contributed by atoms with E-state index in [0.717, 1.165) is 11.0 Å². The molecule has 0 bridgehead atoms. The molecule has 0 spiro atoms. The minimum absolute atomic E-state index is 0.575. The van der Waals surface area contributed by atoms with Crippen LogP contribution in [0.3, 0.4) is 0 Å². The third-order valence-corrected chi connectivity index (χ3v) is 2.86. The van der Waals surface area contributed by atoms with Gasteiger partial charge in [0.05, 0.1) is 0 Å². The first-order valence-corrected chi connectivity index (χ1v) is 5.81. The topological polar surface area (TPSA) is 56.0 Å². The van der Waals surface area contributed by atoms with Crippen LogP contribution in [0, 0.1) is 0 Å². The fourth-order valence-corrected chi connectivity index (χ4v) is 1.91. The Morgan fingerprint density at radius 1 is 1.38 bits per heavy atom. The maximum atomic E-state index is 5.85. The number of thioether (sulfide) groups is 1. The molecule has 0 saturated heterocycles. The SMILES string of the molecule is [B]c1cc2cnc(SC)nc2n2cnnc12. The van der Waals surface area contributed by atoms with Crippen LogP contribution in [0.2, 0.25) is 0 Å². The molecule has 3 rings (SSSR count). The zero-order valence-electron chi connectivity index (χ0n) is 8.45. The molecule has 3 heterocycles. The molecule has 2 radical (unpaired) electrons. The Labute approximate surface area is 96.7 Å². The average molecular weight is 227 g/mol. The van der Waals surface area contributed by atoms with Crippen molar-refractivity contribution in [3.8, 4) is 0 Å². The molecular weight excluding hydrogens is 221 g/mol. The Bertz CT molecular complexity index is 680. The molecule has 0 saturated carbocycles. The normalized spacial score (nSPS) is 11.3. The van der Waals surface area contributed by atoms with Crippen molar-refractivity contribution in [2.24, 2.45) is 0 Å². The summed E-state index contributed by atoms with van der Waals surface area (Å²) in [7, 11) is 5.85. The van der Waals surface area contributed by atoms with Crippen LogP contribution in [0.15, 0.2) is 23.7 Å². The van der Waals surface area contributed by atoms with Gasteiger partial charge in [0.25, 0.3) is 0 Å². The highest BCUT2D eigenvalue weighted by Crippen LogP contribution is 2.15. The molecule has 0 aromatic carbocycles. The summed E-state index contributed by atoms with van der Waals surface area (Å²) in [6, 6.07) is 1.81. The van der Waals surface area contributed by atoms with E-state index < -0.39 is 0 Å². The number of nitrogens with zero attached hydrogens (tertiary/aromatic N) is 5. The van der Waals surface area contributed by atoms with Crippen molar-refractivity contribution < 1.29 is 0 Å². The Kier molecular flexibility index (Phi) is 2.07. The van der Waals surface area contributed by atoms with Crippen molar-refractivity contribution in [3.63, 3.8) is 0 Å². The predicted molar refractivity (Wildman–Crippen MR) is 63.3 cm³/mol. The lowest BCUT2D eigenvalue weighted by molar-refractivity contribution is 0.980. The summed E-state index contributed by atoms with van der Waals surface area (Å²) < 4.78 is 1.77. The zero-order chi connectivity index (χ0) is 11.1. The molecule has 5 nitrogen and oxygen atoms in total. The van der Waals surface area contributed by atoms with Gasteiger partial charge < -0.3 is 0 Å². The van der Waals surface area contributed by atoms with Crippen LogP contribution in [0.5, 0.6) is 0 Å². The van der Waals surface area contributed by atoms with Gasteiger partial charge in [-0.1, -0.05) is 23.3 Å². The highest BCUT2D eigenvalue weighted by Gasteiger charge is 2.07. The predicted octanol–water partition coefficient (Wildman–Crippen LogP) is 0.188. The highest BCUT2D eigenvalue weighted by atomic mass is 32.2. The Balaban J connectivity index is 2.50. The van der Waals surface area contributed by atoms with E-state index in [-0.39, 0.29) is 0 Å². The second kappa shape index (κ2) is 3.45. The van der Waals surface area contributed by atoms with E-state index in [1.807, 2.05) is 12.3 Å². The molecule has 0 N–H and O–H groups in total. The maximum Gasteiger partial charge on any atom is 0.189 e. The van der Waals surface area contributed by atoms with E-state index in [0.29, 0.717) is 16.3 Å². The van der Waals surface area contributed by atoms with Gasteiger partial charge in [-0.3, -0.25) is 4.40 Å². The average Bonchev–Trinajstić information content (AvgIpc) is 2.78. The van der Waals surface area contributed by atoms with Crippen LogP contribution in [-0.4, -0.2) is 38.7 Å². The molecule has 3 aromatic rings. The number of hydrogen-bond acceptors (Lipinski definition) is 5. The Morgan fingerprint density at radius 2 is 2.25 bits per heavy atom. The lowest BCUT2D eigenvalue weighted by atomic mass is 9.97. The van der Waals surface area contributed by atoms with Crippen LogP contribution >= 0.6 is 11.8 Å². The van der Waals surface area contributed by atoms with Crippen LogP contribution in [0.4, 0.5) is 0 Å². The fraction of sp³-hybridized carbons (Fsp3) is 0.111. The Morgan fingerprint density at radius 3 is 3.06 bits per heavy atom. The largest absolute Gasteiger partial charge is 0.265 e. The number of pyridine rings is 1. The second-order valence-electron chi connectivity index (χ2n) is 3.26. The molecule has 0 aliphatic carbocycles. The first-order chi connectivity index (χ1) is 7.79. The Hall–Kier alpha value is -1.63. The molecular formula is C9H6BN5S. The van der Waals surface area contributed by atoms with E-state index in [2.05, 4.69) is 20.2 Å². The molecule has 3 aromatic heterocycles. The van der Waals surface area contributed by atoms with E-state index in [1.54, 1.807) is 16.9 Å². The molecule has 0 fully saturated rings. The second-order valence-corrected chi connectivity index (χ2v) is 4.03. The number of aromatic nitrogens is 5. The smallest absolute Gasteiger partial charge is 0.189 e. The molecule has 0 atom stereocenters. The van der Waals surface area contributed by atoms with Crippen LogP contribution < -0.4 is 5.46 Å². The van der Waals surface area contributed by atoms with Gasteiger partial charge in [-0.2, -0.15) is 0 Å². The van der Waals surface area contributed by atoms with Gasteiger partial charge in [-0.25, -0.2) is 9.97 Å². The monoisotopic (exact) mass is 227 g/mol. The van der Waals surface area contributed by atoms with Gasteiger partial charge in [-0.15, -0.1) is 10.2 Å². The van der Waals surface area contributed by atoms with Crippen molar-refractivity contribution in [2.75, 3.05) is 6.26 Å². The van der Waals surface area contributed by atoms with Crippen LogP contribution in [0.25, 0.3) is 16.7 Å². The number of fused-ring (bicyclic) bond motifs is 3. The summed E-state index contributed by atoms with van der Waals surface area (Å²) >= 11 is 1.49. The molecule has 0 amide bonds. The minimum Gasteiger partial charge on any atom is -0.265 e. The summed E-state index contributed by atoms with van der Waals surface area (Å²) in [4.78, 5) is 8.61. The summed E-state index contributed by atoms with van der Waals surface area (Å²) in [5.74, 6) is 0. The molecule has 0 aliphatic heterocycles. The van der Waals surface area contributed by atoms with E-state index in [1.165, 1.54) is 11.8 Å². The molecule has 76 valence electrons. The van der Waals surface area contributed by atoms with Crippen molar-refractivity contribution in [1.82, 2.24) is 24.6 Å². The lowest BCUT2D eigenvalue weighted by Crippen LogP contribution is -2.09. The van der Waals surface area contributed by atoms with E-state index in [9.17, 15) is 0 Å². The summed E-state index contributed by atoms with van der Waals surface area (Å²) in [6.45, 7) is 0. The third kappa shape index (κ3) is 1.28. The molecule has 0 aliphatic rings. The van der Waals surface area contributed by atoms with Crippen LogP contribution in [-0.2, 0) is 0 Å². The van der Waals surface area contributed by atoms with Gasteiger partial charge in [0.2, 0.25) is 0 Å². The lowest BCUT2D eigenvalue weighted by Gasteiger charge is -2.04. The van der Waals surface area contributed by atoms with E-state index in [4.69, 9.17) is 7.85 Å². The summed E-state index contributed by atoms with van der Waals surface area (Å²) in [5, 5.41) is 9.37. The minimum atomic E-state index is 0.575. The van der Waals surface area contributed by atoms with Crippen molar-refractivity contribution in [1.29, 1.82) is 0 Å². The molecule has 16 heavy (non-hydrogen) atoms. The highest BCUT2D eigenvalue weighted by molar-refractivity contribution is 7.98. The van der Waals surface area contributed by atoms with Gasteiger partial charge in [0, 0.05) is 11.6 Å².